The lowest BCUT2D eigenvalue weighted by atomic mass is 9.74. The van der Waals surface area contributed by atoms with Crippen molar-refractivity contribution in [2.45, 2.75) is 38.5 Å². The Labute approximate surface area is 401 Å². The van der Waals surface area contributed by atoms with Gasteiger partial charge in [0, 0.05) is 27.9 Å². The normalized spacial score (nSPS) is 16.2. The number of benzene rings is 10. The number of anilines is 3. The third-order valence-electron chi connectivity index (χ3n) is 15.8. The Morgan fingerprint density at radius 2 is 0.882 bits per heavy atom. The molecule has 0 saturated heterocycles. The van der Waals surface area contributed by atoms with Crippen LogP contribution in [-0.4, -0.2) is 8.07 Å². The van der Waals surface area contributed by atoms with Crippen LogP contribution in [0.2, 0.25) is 0 Å². The van der Waals surface area contributed by atoms with Gasteiger partial charge in [-0.25, -0.2) is 0 Å². The largest absolute Gasteiger partial charge is 0.310 e. The van der Waals surface area contributed by atoms with Gasteiger partial charge in [-0.05, 0) is 149 Å². The minimum Gasteiger partial charge on any atom is -0.310 e. The standard InChI is InChI=1S/C66H51NSi/c1-44-39-49(41-51(40-44)68(50-25-12-7-13-26-50)62-33-18-15-28-55(62)56-29-16-19-34-63(56)68)67(48-35-37-54-53-27-14-17-31-58(53)66(4,61(54)43-48)46-23-10-6-11-24-46)47-36-38-57-60(42-47)65(2,3)59-32-20-30-52(64(57)59)45-21-8-5-9-22-45/h5-43H,1-4H3. The van der Waals surface area contributed by atoms with E-state index in [0.717, 1.165) is 11.4 Å². The molecule has 3 aliphatic rings. The summed E-state index contributed by atoms with van der Waals surface area (Å²) in [6, 6.07) is 89.8. The predicted molar refractivity (Wildman–Crippen MR) is 289 cm³/mol. The van der Waals surface area contributed by atoms with E-state index in [1.807, 2.05) is 0 Å². The molecule has 2 heteroatoms. The highest BCUT2D eigenvalue weighted by atomic mass is 28.3. The van der Waals surface area contributed by atoms with Gasteiger partial charge in [0.1, 0.15) is 0 Å². The molecule has 324 valence electrons. The Kier molecular flexibility index (Phi) is 9.00. The molecule has 10 aromatic rings. The minimum atomic E-state index is -2.81. The molecule has 2 aliphatic carbocycles. The highest BCUT2D eigenvalue weighted by Crippen LogP contribution is 2.56. The van der Waals surface area contributed by atoms with Crippen molar-refractivity contribution in [3.63, 3.8) is 0 Å². The lowest BCUT2D eigenvalue weighted by Gasteiger charge is -2.34. The second kappa shape index (κ2) is 15.1. The van der Waals surface area contributed by atoms with Crippen LogP contribution in [0.1, 0.15) is 54.2 Å². The second-order valence-corrected chi connectivity index (χ2v) is 23.5. The van der Waals surface area contributed by atoms with E-state index in [0.29, 0.717) is 0 Å². The van der Waals surface area contributed by atoms with Gasteiger partial charge in [-0.2, -0.15) is 0 Å². The fourth-order valence-electron chi connectivity index (χ4n) is 12.7. The van der Waals surface area contributed by atoms with E-state index < -0.39 is 8.07 Å². The summed E-state index contributed by atoms with van der Waals surface area (Å²) in [5.41, 5.74) is 21.4. The first kappa shape index (κ1) is 40.5. The Balaban J connectivity index is 1.07. The van der Waals surface area contributed by atoms with E-state index in [2.05, 4.69) is 269 Å². The van der Waals surface area contributed by atoms with E-state index in [-0.39, 0.29) is 10.8 Å². The first-order chi connectivity index (χ1) is 33.3. The van der Waals surface area contributed by atoms with Crippen LogP contribution in [-0.2, 0) is 10.8 Å². The van der Waals surface area contributed by atoms with Gasteiger partial charge in [-0.15, -0.1) is 0 Å². The highest BCUT2D eigenvalue weighted by Gasteiger charge is 2.49. The van der Waals surface area contributed by atoms with Gasteiger partial charge >= 0.3 is 0 Å². The van der Waals surface area contributed by atoms with Crippen LogP contribution in [0.3, 0.4) is 0 Å². The van der Waals surface area contributed by atoms with Gasteiger partial charge in [0.2, 0.25) is 0 Å². The van der Waals surface area contributed by atoms with Crippen LogP contribution in [0.15, 0.2) is 237 Å². The van der Waals surface area contributed by atoms with Gasteiger partial charge in [-0.1, -0.05) is 214 Å². The fourth-order valence-corrected chi connectivity index (χ4v) is 18.0. The smallest absolute Gasteiger partial charge is 0.180 e. The quantitative estimate of drug-likeness (QED) is 0.144. The zero-order valence-corrected chi connectivity index (χ0v) is 40.0. The summed E-state index contributed by atoms with van der Waals surface area (Å²) < 4.78 is 0. The highest BCUT2D eigenvalue weighted by molar-refractivity contribution is 7.22. The molecular formula is C66H51NSi. The summed E-state index contributed by atoms with van der Waals surface area (Å²) in [4.78, 5) is 2.57. The van der Waals surface area contributed by atoms with Gasteiger partial charge in [0.25, 0.3) is 0 Å². The summed E-state index contributed by atoms with van der Waals surface area (Å²) in [6.45, 7) is 9.54. The third kappa shape index (κ3) is 5.68. The summed E-state index contributed by atoms with van der Waals surface area (Å²) >= 11 is 0. The molecule has 0 radical (unpaired) electrons. The maximum Gasteiger partial charge on any atom is 0.180 e. The topological polar surface area (TPSA) is 3.24 Å². The van der Waals surface area contributed by atoms with Crippen molar-refractivity contribution in [3.05, 3.63) is 270 Å². The number of hydrogen-bond acceptors (Lipinski definition) is 1. The molecule has 0 amide bonds. The molecule has 0 fully saturated rings. The van der Waals surface area contributed by atoms with Crippen molar-refractivity contribution >= 4 is 45.9 Å². The maximum absolute atomic E-state index is 2.81. The van der Waals surface area contributed by atoms with Crippen molar-refractivity contribution in [2.75, 3.05) is 4.90 Å². The Morgan fingerprint density at radius 1 is 0.353 bits per heavy atom. The van der Waals surface area contributed by atoms with Crippen LogP contribution in [0.4, 0.5) is 17.1 Å². The molecular weight excluding hydrogens is 835 g/mol. The monoisotopic (exact) mass is 885 g/mol. The number of aryl methyl sites for hydroxylation is 1. The van der Waals surface area contributed by atoms with Crippen LogP contribution in [0, 0.1) is 6.92 Å². The summed E-state index contributed by atoms with van der Waals surface area (Å²) in [5, 5.41) is 5.71. The van der Waals surface area contributed by atoms with E-state index in [4.69, 9.17) is 0 Å². The SMILES string of the molecule is Cc1cc(N(c2ccc3c(c2)C(C)(C)c2cccc(-c4ccccc4)c2-3)c2ccc3c(c2)C(C)(c2ccccc2)c2ccccc2-3)cc([Si]2(c3ccccc3)c3ccccc3-c3ccccc32)c1. The molecule has 0 aromatic heterocycles. The van der Waals surface area contributed by atoms with Crippen molar-refractivity contribution in [2.24, 2.45) is 0 Å². The first-order valence-corrected chi connectivity index (χ1v) is 26.1. The van der Waals surface area contributed by atoms with Crippen molar-refractivity contribution in [1.82, 2.24) is 0 Å². The van der Waals surface area contributed by atoms with Crippen molar-refractivity contribution in [1.29, 1.82) is 0 Å². The van der Waals surface area contributed by atoms with E-state index in [1.165, 1.54) is 104 Å². The molecule has 68 heavy (non-hydrogen) atoms. The molecule has 0 spiro atoms. The van der Waals surface area contributed by atoms with Crippen LogP contribution < -0.4 is 25.6 Å². The Hall–Kier alpha value is -7.78. The molecule has 10 aromatic carbocycles. The average Bonchev–Trinajstić information content (AvgIpc) is 3.93. The zero-order chi connectivity index (χ0) is 45.8. The van der Waals surface area contributed by atoms with Gasteiger partial charge in [0.05, 0.1) is 0 Å². The molecule has 1 atom stereocenters. The van der Waals surface area contributed by atoms with E-state index in [9.17, 15) is 0 Å². The molecule has 0 bridgehead atoms. The Morgan fingerprint density at radius 3 is 1.57 bits per heavy atom. The average molecular weight is 886 g/mol. The van der Waals surface area contributed by atoms with Gasteiger partial charge in [0.15, 0.2) is 8.07 Å². The molecule has 1 heterocycles. The number of rotatable bonds is 7. The van der Waals surface area contributed by atoms with Crippen LogP contribution in [0.25, 0.3) is 44.5 Å². The molecule has 1 aliphatic heterocycles. The summed E-state index contributed by atoms with van der Waals surface area (Å²) in [6.07, 6.45) is 0. The van der Waals surface area contributed by atoms with Crippen molar-refractivity contribution < 1.29 is 0 Å². The lowest BCUT2D eigenvalue weighted by molar-refractivity contribution is 0.660. The number of fused-ring (bicyclic) bond motifs is 9. The molecule has 1 nitrogen and oxygen atoms in total. The summed E-state index contributed by atoms with van der Waals surface area (Å²) in [7, 11) is -2.81. The first-order valence-electron chi connectivity index (χ1n) is 24.1. The maximum atomic E-state index is 2.57. The fraction of sp³-hybridized carbons (Fsp3) is 0.0909. The number of hydrogen-bond donors (Lipinski definition) is 0. The molecule has 0 saturated carbocycles. The number of nitrogens with zero attached hydrogens (tertiary/aromatic N) is 1. The van der Waals surface area contributed by atoms with Gasteiger partial charge < -0.3 is 4.90 Å². The Bertz CT molecular complexity index is 3580. The predicted octanol–water partition coefficient (Wildman–Crippen LogP) is 14.1. The van der Waals surface area contributed by atoms with Crippen molar-refractivity contribution in [3.8, 4) is 44.5 Å². The van der Waals surface area contributed by atoms with E-state index >= 15 is 0 Å². The zero-order valence-electron chi connectivity index (χ0n) is 39.0. The van der Waals surface area contributed by atoms with Gasteiger partial charge in [-0.3, -0.25) is 0 Å². The molecule has 1 unspecified atom stereocenters. The molecule has 13 rings (SSSR count). The van der Waals surface area contributed by atoms with E-state index in [1.54, 1.807) is 0 Å². The minimum absolute atomic E-state index is 0.220. The second-order valence-electron chi connectivity index (χ2n) is 19.8. The third-order valence-corrected chi connectivity index (χ3v) is 20.7. The van der Waals surface area contributed by atoms with Crippen LogP contribution >= 0.6 is 0 Å². The summed E-state index contributed by atoms with van der Waals surface area (Å²) in [5.74, 6) is 0. The lowest BCUT2D eigenvalue weighted by Crippen LogP contribution is -2.72. The molecule has 0 N–H and O–H groups in total. The van der Waals surface area contributed by atoms with Crippen LogP contribution in [0.5, 0.6) is 0 Å².